The number of benzene rings is 2. The lowest BCUT2D eigenvalue weighted by Crippen LogP contribution is -2.26. The molecule has 1 amide bonds. The van der Waals surface area contributed by atoms with Crippen molar-refractivity contribution in [2.45, 2.75) is 19.9 Å². The summed E-state index contributed by atoms with van der Waals surface area (Å²) in [5.74, 6) is -0.0896. The molecule has 2 aromatic rings. The van der Waals surface area contributed by atoms with E-state index in [1.807, 2.05) is 63.4 Å². The van der Waals surface area contributed by atoms with Gasteiger partial charge in [-0.15, -0.1) is 0 Å². The smallest absolute Gasteiger partial charge is 0.251 e. The quantitative estimate of drug-likeness (QED) is 0.889. The van der Waals surface area contributed by atoms with Crippen molar-refractivity contribution < 1.29 is 4.79 Å². The number of carbonyl (C=O) groups is 1. The van der Waals surface area contributed by atoms with E-state index in [1.165, 1.54) is 0 Å². The van der Waals surface area contributed by atoms with E-state index in [0.29, 0.717) is 10.6 Å². The summed E-state index contributed by atoms with van der Waals surface area (Å²) in [5.41, 5.74) is 3.70. The molecule has 110 valence electrons. The highest BCUT2D eigenvalue weighted by Gasteiger charge is 2.12. The van der Waals surface area contributed by atoms with E-state index >= 15 is 0 Å². The summed E-state index contributed by atoms with van der Waals surface area (Å²) in [7, 11) is 1.86. The van der Waals surface area contributed by atoms with Gasteiger partial charge in [-0.05, 0) is 55.3 Å². The van der Waals surface area contributed by atoms with E-state index in [1.54, 1.807) is 0 Å². The first-order valence-corrected chi connectivity index (χ1v) is 7.24. The maximum Gasteiger partial charge on any atom is 0.251 e. The van der Waals surface area contributed by atoms with Gasteiger partial charge in [0, 0.05) is 23.3 Å². The number of anilines is 1. The first kappa shape index (κ1) is 15.4. The Labute approximate surface area is 130 Å². The largest absolute Gasteiger partial charge is 0.388 e. The minimum absolute atomic E-state index is 0.0896. The number of hydrogen-bond acceptors (Lipinski definition) is 2. The third kappa shape index (κ3) is 3.76. The number of nitrogens with one attached hydrogen (secondary N) is 2. The van der Waals surface area contributed by atoms with Crippen LogP contribution in [-0.4, -0.2) is 13.0 Å². The zero-order valence-electron chi connectivity index (χ0n) is 12.4. The Morgan fingerprint density at radius 2 is 1.95 bits per heavy atom. The molecule has 2 aromatic carbocycles. The second-order valence-corrected chi connectivity index (χ2v) is 5.47. The molecule has 2 rings (SSSR count). The van der Waals surface area contributed by atoms with Crippen LogP contribution >= 0.6 is 11.6 Å². The summed E-state index contributed by atoms with van der Waals surface area (Å²) in [6, 6.07) is 13.0. The Balaban J connectivity index is 2.12. The summed E-state index contributed by atoms with van der Waals surface area (Å²) < 4.78 is 0. The Bertz CT molecular complexity index is 655. The first-order valence-electron chi connectivity index (χ1n) is 6.86. The second-order valence-electron chi connectivity index (χ2n) is 5.03. The van der Waals surface area contributed by atoms with Crippen molar-refractivity contribution in [1.29, 1.82) is 0 Å². The van der Waals surface area contributed by atoms with Gasteiger partial charge in [0.1, 0.15) is 0 Å². The standard InChI is InChI=1S/C17H19ClN2O/c1-11-9-14(7-8-16(11)19-3)17(21)20-12(2)13-5-4-6-15(18)10-13/h4-10,12,19H,1-3H3,(H,20,21). The summed E-state index contributed by atoms with van der Waals surface area (Å²) in [6.07, 6.45) is 0. The molecule has 0 radical (unpaired) electrons. The lowest BCUT2D eigenvalue weighted by molar-refractivity contribution is 0.0940. The highest BCUT2D eigenvalue weighted by molar-refractivity contribution is 6.30. The molecule has 0 spiro atoms. The Morgan fingerprint density at radius 1 is 1.19 bits per heavy atom. The first-order chi connectivity index (χ1) is 10.0. The van der Waals surface area contributed by atoms with Gasteiger partial charge in [-0.1, -0.05) is 23.7 Å². The number of amides is 1. The Morgan fingerprint density at radius 3 is 2.57 bits per heavy atom. The van der Waals surface area contributed by atoms with Crippen LogP contribution in [0, 0.1) is 6.92 Å². The zero-order valence-corrected chi connectivity index (χ0v) is 13.2. The van der Waals surface area contributed by atoms with Crippen molar-refractivity contribution >= 4 is 23.2 Å². The van der Waals surface area contributed by atoms with Crippen LogP contribution < -0.4 is 10.6 Å². The average Bonchev–Trinajstić information content (AvgIpc) is 2.47. The van der Waals surface area contributed by atoms with E-state index < -0.39 is 0 Å². The molecule has 1 atom stereocenters. The van der Waals surface area contributed by atoms with Crippen molar-refractivity contribution in [3.8, 4) is 0 Å². The SMILES string of the molecule is CNc1ccc(C(=O)NC(C)c2cccc(Cl)c2)cc1C. The molecular weight excluding hydrogens is 284 g/mol. The van der Waals surface area contributed by atoms with Crippen LogP contribution in [0.15, 0.2) is 42.5 Å². The number of aryl methyl sites for hydroxylation is 1. The fraction of sp³-hybridized carbons (Fsp3) is 0.235. The Hall–Kier alpha value is -2.00. The average molecular weight is 303 g/mol. The second kappa shape index (κ2) is 6.64. The van der Waals surface area contributed by atoms with Crippen LogP contribution in [0.1, 0.15) is 34.5 Å². The van der Waals surface area contributed by atoms with Gasteiger partial charge in [0.2, 0.25) is 0 Å². The molecule has 0 aromatic heterocycles. The summed E-state index contributed by atoms with van der Waals surface area (Å²) in [6.45, 7) is 3.92. The predicted molar refractivity (Wildman–Crippen MR) is 88.1 cm³/mol. The van der Waals surface area contributed by atoms with Crippen molar-refractivity contribution in [1.82, 2.24) is 5.32 Å². The van der Waals surface area contributed by atoms with Gasteiger partial charge < -0.3 is 10.6 Å². The van der Waals surface area contributed by atoms with Crippen LogP contribution in [0.5, 0.6) is 0 Å². The number of hydrogen-bond donors (Lipinski definition) is 2. The lowest BCUT2D eigenvalue weighted by Gasteiger charge is -2.15. The van der Waals surface area contributed by atoms with Gasteiger partial charge in [0.15, 0.2) is 0 Å². The van der Waals surface area contributed by atoms with E-state index in [-0.39, 0.29) is 11.9 Å². The molecule has 4 heteroatoms. The van der Waals surface area contributed by atoms with Crippen LogP contribution in [-0.2, 0) is 0 Å². The van der Waals surface area contributed by atoms with Crippen molar-refractivity contribution in [2.24, 2.45) is 0 Å². The summed E-state index contributed by atoms with van der Waals surface area (Å²) >= 11 is 5.98. The van der Waals surface area contributed by atoms with E-state index in [0.717, 1.165) is 16.8 Å². The maximum atomic E-state index is 12.3. The fourth-order valence-corrected chi connectivity index (χ4v) is 2.42. The normalized spacial score (nSPS) is 11.8. The predicted octanol–water partition coefficient (Wildman–Crippen LogP) is 4.18. The van der Waals surface area contributed by atoms with Crippen LogP contribution in [0.2, 0.25) is 5.02 Å². The third-order valence-electron chi connectivity index (χ3n) is 3.45. The number of carbonyl (C=O) groups excluding carboxylic acids is 1. The number of rotatable bonds is 4. The van der Waals surface area contributed by atoms with Gasteiger partial charge in [-0.3, -0.25) is 4.79 Å². The maximum absolute atomic E-state index is 12.3. The molecule has 0 aliphatic carbocycles. The third-order valence-corrected chi connectivity index (χ3v) is 3.69. The van der Waals surface area contributed by atoms with E-state index in [9.17, 15) is 4.79 Å². The summed E-state index contributed by atoms with van der Waals surface area (Å²) in [5, 5.41) is 6.74. The fourth-order valence-electron chi connectivity index (χ4n) is 2.22. The minimum atomic E-state index is -0.0968. The van der Waals surface area contributed by atoms with Gasteiger partial charge in [0.25, 0.3) is 5.91 Å². The van der Waals surface area contributed by atoms with Crippen molar-refractivity contribution in [2.75, 3.05) is 12.4 Å². The molecule has 3 nitrogen and oxygen atoms in total. The van der Waals surface area contributed by atoms with Crippen molar-refractivity contribution in [3.63, 3.8) is 0 Å². The molecule has 0 aliphatic heterocycles. The lowest BCUT2D eigenvalue weighted by atomic mass is 10.1. The molecule has 1 unspecified atom stereocenters. The van der Waals surface area contributed by atoms with Gasteiger partial charge in [-0.25, -0.2) is 0 Å². The molecule has 0 heterocycles. The highest BCUT2D eigenvalue weighted by atomic mass is 35.5. The monoisotopic (exact) mass is 302 g/mol. The van der Waals surface area contributed by atoms with Gasteiger partial charge >= 0.3 is 0 Å². The molecular formula is C17H19ClN2O. The molecule has 2 N–H and O–H groups in total. The molecule has 0 bridgehead atoms. The molecule has 0 saturated carbocycles. The molecule has 0 aliphatic rings. The van der Waals surface area contributed by atoms with Crippen LogP contribution in [0.25, 0.3) is 0 Å². The van der Waals surface area contributed by atoms with Crippen LogP contribution in [0.3, 0.4) is 0 Å². The van der Waals surface area contributed by atoms with E-state index in [2.05, 4.69) is 10.6 Å². The van der Waals surface area contributed by atoms with Crippen molar-refractivity contribution in [3.05, 3.63) is 64.2 Å². The van der Waals surface area contributed by atoms with Gasteiger partial charge in [-0.2, -0.15) is 0 Å². The number of halogens is 1. The topological polar surface area (TPSA) is 41.1 Å². The zero-order chi connectivity index (χ0) is 15.4. The highest BCUT2D eigenvalue weighted by Crippen LogP contribution is 2.19. The Kier molecular flexibility index (Phi) is 4.86. The minimum Gasteiger partial charge on any atom is -0.388 e. The molecule has 21 heavy (non-hydrogen) atoms. The van der Waals surface area contributed by atoms with Gasteiger partial charge in [0.05, 0.1) is 6.04 Å². The van der Waals surface area contributed by atoms with Crippen LogP contribution in [0.4, 0.5) is 5.69 Å². The molecule has 0 saturated heterocycles. The van der Waals surface area contributed by atoms with E-state index in [4.69, 9.17) is 11.6 Å². The molecule has 0 fully saturated rings. The summed E-state index contributed by atoms with van der Waals surface area (Å²) in [4.78, 5) is 12.3.